The van der Waals surface area contributed by atoms with E-state index < -0.39 is 42.4 Å². The molecule has 2 bridgehead atoms. The molecule has 0 spiro atoms. The van der Waals surface area contributed by atoms with E-state index in [0.29, 0.717) is 22.3 Å². The molecule has 8 heteroatoms. The van der Waals surface area contributed by atoms with Crippen molar-refractivity contribution in [3.63, 3.8) is 0 Å². The molecule has 1 saturated heterocycles. The van der Waals surface area contributed by atoms with Crippen molar-refractivity contribution in [2.75, 3.05) is 11.6 Å². The number of imide groups is 1. The molecule has 3 amide bonds. The monoisotopic (exact) mass is 404 g/mol. The fourth-order valence-corrected chi connectivity index (χ4v) is 5.51. The van der Waals surface area contributed by atoms with Gasteiger partial charge in [0.05, 0.1) is 11.8 Å². The van der Waals surface area contributed by atoms with Gasteiger partial charge in [-0.15, -0.1) is 0 Å². The van der Waals surface area contributed by atoms with E-state index in [0.717, 1.165) is 11.3 Å². The number of likely N-dealkylation sites (tertiary alicyclic amines) is 1. The lowest BCUT2D eigenvalue weighted by Crippen LogP contribution is -2.49. The molecule has 4 aliphatic carbocycles. The van der Waals surface area contributed by atoms with Gasteiger partial charge in [-0.1, -0.05) is 24.3 Å². The van der Waals surface area contributed by atoms with Crippen LogP contribution >= 0.6 is 0 Å². The van der Waals surface area contributed by atoms with Crippen molar-refractivity contribution in [3.05, 3.63) is 42.0 Å². The maximum Gasteiger partial charge on any atom is 0.471 e. The standard InChI is InChI=1S/C21H19F3N2O3/c1-10-3-2-4-11(7-10)25(20(29)21(22,23)24)9-26-18(27)16-12-5-6-13(15-8-14(12)15)17(16)19(26)28/h2-7,12-17H,8-9H2,1H3/t12-,13+,14-,15-,16+,17-/m1/s1. The van der Waals surface area contributed by atoms with E-state index in [4.69, 9.17) is 0 Å². The van der Waals surface area contributed by atoms with Crippen LogP contribution < -0.4 is 4.90 Å². The van der Waals surface area contributed by atoms with Gasteiger partial charge in [-0.05, 0) is 54.7 Å². The summed E-state index contributed by atoms with van der Waals surface area (Å²) in [4.78, 5) is 39.6. The SMILES string of the molecule is Cc1cccc(N(CN2C(=O)[C@@H]3[C@H]4C=C[C@H]([C@H]5C[C@H]45)[C@@H]3C2=O)C(=O)C(F)(F)F)c1. The van der Waals surface area contributed by atoms with Gasteiger partial charge < -0.3 is 0 Å². The molecule has 152 valence electrons. The second-order valence-electron chi connectivity index (χ2n) is 8.47. The molecule has 2 saturated carbocycles. The Bertz CT molecular complexity index is 921. The Hall–Kier alpha value is -2.64. The van der Waals surface area contributed by atoms with Gasteiger partial charge in [0.2, 0.25) is 11.8 Å². The number of carbonyl (C=O) groups is 3. The predicted molar refractivity (Wildman–Crippen MR) is 96.1 cm³/mol. The highest BCUT2D eigenvalue weighted by Crippen LogP contribution is 2.65. The molecule has 0 unspecified atom stereocenters. The zero-order valence-electron chi connectivity index (χ0n) is 15.6. The van der Waals surface area contributed by atoms with E-state index in [9.17, 15) is 27.6 Å². The Balaban J connectivity index is 1.47. The minimum atomic E-state index is -5.12. The van der Waals surface area contributed by atoms with E-state index >= 15 is 0 Å². The molecule has 6 rings (SSSR count). The van der Waals surface area contributed by atoms with E-state index in [-0.39, 0.29) is 17.5 Å². The Morgan fingerprint density at radius 2 is 1.69 bits per heavy atom. The molecule has 5 aliphatic rings. The molecule has 0 N–H and O–H groups in total. The molecular weight excluding hydrogens is 385 g/mol. The lowest BCUT2D eigenvalue weighted by Gasteiger charge is -2.37. The number of hydrogen-bond donors (Lipinski definition) is 0. The number of amides is 3. The molecule has 0 radical (unpaired) electrons. The predicted octanol–water partition coefficient (Wildman–Crippen LogP) is 2.90. The molecule has 6 atom stereocenters. The summed E-state index contributed by atoms with van der Waals surface area (Å²) in [6.07, 6.45) is -0.135. The van der Waals surface area contributed by atoms with Crippen molar-refractivity contribution in [1.29, 1.82) is 0 Å². The summed E-state index contributed by atoms with van der Waals surface area (Å²) in [5.74, 6) is -3.30. The van der Waals surface area contributed by atoms with Crippen LogP contribution in [0.4, 0.5) is 18.9 Å². The average molecular weight is 404 g/mol. The Morgan fingerprint density at radius 3 is 2.21 bits per heavy atom. The van der Waals surface area contributed by atoms with Gasteiger partial charge in [0.1, 0.15) is 6.67 Å². The largest absolute Gasteiger partial charge is 0.471 e. The molecule has 29 heavy (non-hydrogen) atoms. The Labute approximate surface area is 165 Å². The number of hydrogen-bond acceptors (Lipinski definition) is 3. The normalized spacial score (nSPS) is 34.3. The van der Waals surface area contributed by atoms with Crippen molar-refractivity contribution in [2.24, 2.45) is 35.5 Å². The number of benzene rings is 1. The summed E-state index contributed by atoms with van der Waals surface area (Å²) < 4.78 is 39.8. The quantitative estimate of drug-likeness (QED) is 0.575. The Morgan fingerprint density at radius 1 is 1.10 bits per heavy atom. The average Bonchev–Trinajstić information content (AvgIpc) is 3.44. The second-order valence-corrected chi connectivity index (χ2v) is 8.47. The van der Waals surface area contributed by atoms with Gasteiger partial charge >= 0.3 is 12.1 Å². The maximum absolute atomic E-state index is 13.3. The molecule has 1 aliphatic heterocycles. The van der Waals surface area contributed by atoms with Crippen LogP contribution in [-0.4, -0.2) is 35.5 Å². The van der Waals surface area contributed by atoms with Crippen molar-refractivity contribution < 1.29 is 27.6 Å². The van der Waals surface area contributed by atoms with Crippen LogP contribution in [0.5, 0.6) is 0 Å². The first-order valence-electron chi connectivity index (χ1n) is 9.67. The maximum atomic E-state index is 13.3. The minimum Gasteiger partial charge on any atom is -0.286 e. The summed E-state index contributed by atoms with van der Waals surface area (Å²) in [5, 5.41) is 0. The van der Waals surface area contributed by atoms with Gasteiger partial charge in [0, 0.05) is 5.69 Å². The first kappa shape index (κ1) is 18.4. The van der Waals surface area contributed by atoms with E-state index in [1.165, 1.54) is 18.2 Å². The lowest BCUT2D eigenvalue weighted by molar-refractivity contribution is -0.171. The number of anilines is 1. The molecule has 5 nitrogen and oxygen atoms in total. The van der Waals surface area contributed by atoms with Gasteiger partial charge in [-0.25, -0.2) is 0 Å². The number of carbonyl (C=O) groups excluding carboxylic acids is 3. The first-order chi connectivity index (χ1) is 13.7. The summed E-state index contributed by atoms with van der Waals surface area (Å²) in [6, 6.07) is 6.03. The molecular formula is C21H19F3N2O3. The topological polar surface area (TPSA) is 57.7 Å². The van der Waals surface area contributed by atoms with Crippen LogP contribution in [0.15, 0.2) is 36.4 Å². The fourth-order valence-electron chi connectivity index (χ4n) is 5.51. The van der Waals surface area contributed by atoms with Crippen LogP contribution in [-0.2, 0) is 14.4 Å². The van der Waals surface area contributed by atoms with Gasteiger partial charge in [0.25, 0.3) is 0 Å². The molecule has 1 heterocycles. The molecule has 1 aromatic rings. The second kappa shape index (κ2) is 5.93. The lowest BCUT2D eigenvalue weighted by atomic mass is 9.63. The molecule has 3 fully saturated rings. The highest BCUT2D eigenvalue weighted by molar-refractivity contribution is 6.07. The summed E-state index contributed by atoms with van der Waals surface area (Å²) >= 11 is 0. The van der Waals surface area contributed by atoms with Crippen molar-refractivity contribution >= 4 is 23.4 Å². The number of allylic oxidation sites excluding steroid dienone is 2. The number of alkyl halides is 3. The number of aryl methyl sites for hydroxylation is 1. The van der Waals surface area contributed by atoms with E-state index in [2.05, 4.69) is 0 Å². The number of rotatable bonds is 3. The minimum absolute atomic E-state index is 0.00624. The third-order valence-corrected chi connectivity index (χ3v) is 6.84. The summed E-state index contributed by atoms with van der Waals surface area (Å²) in [7, 11) is 0. The van der Waals surface area contributed by atoms with Crippen LogP contribution in [0, 0.1) is 42.4 Å². The highest BCUT2D eigenvalue weighted by Gasteiger charge is 2.67. The molecule has 1 aromatic carbocycles. The van der Waals surface area contributed by atoms with Crippen LogP contribution in [0.25, 0.3) is 0 Å². The first-order valence-corrected chi connectivity index (χ1v) is 9.67. The van der Waals surface area contributed by atoms with Crippen molar-refractivity contribution in [1.82, 2.24) is 4.90 Å². The number of nitrogens with zero attached hydrogens (tertiary/aromatic N) is 2. The fraction of sp³-hybridized carbons (Fsp3) is 0.476. The van der Waals surface area contributed by atoms with E-state index in [1.807, 2.05) is 12.2 Å². The van der Waals surface area contributed by atoms with Crippen molar-refractivity contribution in [3.8, 4) is 0 Å². The highest BCUT2D eigenvalue weighted by atomic mass is 19.4. The van der Waals surface area contributed by atoms with Crippen LogP contribution in [0.2, 0.25) is 0 Å². The molecule has 0 aromatic heterocycles. The smallest absolute Gasteiger partial charge is 0.286 e. The van der Waals surface area contributed by atoms with Crippen LogP contribution in [0.3, 0.4) is 0 Å². The van der Waals surface area contributed by atoms with Gasteiger partial charge in [-0.2, -0.15) is 13.2 Å². The number of halogens is 3. The summed E-state index contributed by atoms with van der Waals surface area (Å²) in [5.41, 5.74) is 0.671. The zero-order chi connectivity index (χ0) is 20.7. The third-order valence-electron chi connectivity index (χ3n) is 6.84. The Kier molecular flexibility index (Phi) is 3.76. The zero-order valence-corrected chi connectivity index (χ0v) is 15.6. The van der Waals surface area contributed by atoms with Gasteiger partial charge in [0.15, 0.2) is 0 Å². The van der Waals surface area contributed by atoms with Crippen molar-refractivity contribution in [2.45, 2.75) is 19.5 Å². The summed E-state index contributed by atoms with van der Waals surface area (Å²) in [6.45, 7) is 0.970. The van der Waals surface area contributed by atoms with Crippen LogP contribution in [0.1, 0.15) is 12.0 Å². The third kappa shape index (κ3) is 2.64. The van der Waals surface area contributed by atoms with Gasteiger partial charge in [-0.3, -0.25) is 24.2 Å². The van der Waals surface area contributed by atoms with E-state index in [1.54, 1.807) is 13.0 Å².